The van der Waals surface area contributed by atoms with Crippen LogP contribution >= 0.6 is 11.3 Å². The average molecular weight is 291 g/mol. The largest absolute Gasteiger partial charge is 0.480 e. The van der Waals surface area contributed by atoms with Gasteiger partial charge in [-0.1, -0.05) is 12.1 Å². The molecule has 0 atom stereocenters. The smallest absolute Gasteiger partial charge is 0.323 e. The fourth-order valence-electron chi connectivity index (χ4n) is 1.94. The van der Waals surface area contributed by atoms with Crippen molar-refractivity contribution < 1.29 is 9.90 Å². The van der Waals surface area contributed by atoms with E-state index in [-0.39, 0.29) is 6.54 Å². The zero-order valence-electron chi connectivity index (χ0n) is 11.5. The summed E-state index contributed by atoms with van der Waals surface area (Å²) in [5, 5.41) is 9.97. The monoisotopic (exact) mass is 291 g/mol. The van der Waals surface area contributed by atoms with Gasteiger partial charge in [-0.25, -0.2) is 4.98 Å². The maximum absolute atomic E-state index is 11.1. The second-order valence-electron chi connectivity index (χ2n) is 4.56. The van der Waals surface area contributed by atoms with Crippen molar-refractivity contribution in [1.82, 2.24) is 4.98 Å². The van der Waals surface area contributed by atoms with E-state index in [4.69, 9.17) is 10.8 Å². The van der Waals surface area contributed by atoms with E-state index in [2.05, 4.69) is 4.98 Å². The Kier molecular flexibility index (Phi) is 4.24. The maximum Gasteiger partial charge on any atom is 0.323 e. The Morgan fingerprint density at radius 2 is 2.10 bits per heavy atom. The van der Waals surface area contributed by atoms with Gasteiger partial charge in [0.05, 0.1) is 23.6 Å². The highest BCUT2D eigenvalue weighted by atomic mass is 32.1. The molecule has 1 aromatic heterocycles. The molecule has 5 nitrogen and oxygen atoms in total. The second kappa shape index (κ2) is 5.92. The SMILES string of the molecule is Cc1nc(CN(CC(=O)O)c2ccccc2N)sc1C. The van der Waals surface area contributed by atoms with E-state index in [9.17, 15) is 4.79 Å². The van der Waals surface area contributed by atoms with Gasteiger partial charge in [0.25, 0.3) is 0 Å². The number of anilines is 2. The van der Waals surface area contributed by atoms with E-state index in [0.717, 1.165) is 21.3 Å². The maximum atomic E-state index is 11.1. The van der Waals surface area contributed by atoms with Crippen LogP contribution in [0.5, 0.6) is 0 Å². The number of aryl methyl sites for hydroxylation is 2. The van der Waals surface area contributed by atoms with E-state index < -0.39 is 5.97 Å². The Morgan fingerprint density at radius 3 is 2.65 bits per heavy atom. The summed E-state index contributed by atoms with van der Waals surface area (Å²) in [6, 6.07) is 7.27. The lowest BCUT2D eigenvalue weighted by molar-refractivity contribution is -0.135. The van der Waals surface area contributed by atoms with Crippen LogP contribution in [-0.4, -0.2) is 22.6 Å². The van der Waals surface area contributed by atoms with Gasteiger partial charge >= 0.3 is 5.97 Å². The van der Waals surface area contributed by atoms with Gasteiger partial charge in [-0.2, -0.15) is 0 Å². The minimum atomic E-state index is -0.891. The van der Waals surface area contributed by atoms with Gasteiger partial charge in [0.2, 0.25) is 0 Å². The molecule has 6 heteroatoms. The fourth-order valence-corrected chi connectivity index (χ4v) is 2.88. The number of hydrogen-bond acceptors (Lipinski definition) is 5. The number of aliphatic carboxylic acids is 1. The Hall–Kier alpha value is -2.08. The van der Waals surface area contributed by atoms with Crippen molar-refractivity contribution in [3.05, 3.63) is 39.8 Å². The molecule has 20 heavy (non-hydrogen) atoms. The summed E-state index contributed by atoms with van der Waals surface area (Å²) in [7, 11) is 0. The standard InChI is InChI=1S/C14H17N3O2S/c1-9-10(2)20-13(16-9)7-17(8-14(18)19)12-6-4-3-5-11(12)15/h3-6H,7-8,15H2,1-2H3,(H,18,19). The predicted molar refractivity (Wildman–Crippen MR) is 81.1 cm³/mol. The highest BCUT2D eigenvalue weighted by Gasteiger charge is 2.16. The molecule has 2 rings (SSSR count). The number of carboxylic acid groups (broad SMARTS) is 1. The fraction of sp³-hybridized carbons (Fsp3) is 0.286. The highest BCUT2D eigenvalue weighted by Crippen LogP contribution is 2.26. The molecule has 1 aromatic carbocycles. The number of benzene rings is 1. The Morgan fingerprint density at radius 1 is 1.40 bits per heavy atom. The highest BCUT2D eigenvalue weighted by molar-refractivity contribution is 7.11. The van der Waals surface area contributed by atoms with Gasteiger partial charge in [0, 0.05) is 4.88 Å². The first kappa shape index (κ1) is 14.3. The molecule has 0 saturated carbocycles. The molecule has 0 aliphatic carbocycles. The minimum absolute atomic E-state index is 0.105. The lowest BCUT2D eigenvalue weighted by atomic mass is 10.2. The second-order valence-corrected chi connectivity index (χ2v) is 5.85. The van der Waals surface area contributed by atoms with Gasteiger partial charge in [-0.15, -0.1) is 11.3 Å². The van der Waals surface area contributed by atoms with Crippen LogP contribution in [0, 0.1) is 13.8 Å². The van der Waals surface area contributed by atoms with Crippen molar-refractivity contribution in [1.29, 1.82) is 0 Å². The van der Waals surface area contributed by atoms with Crippen molar-refractivity contribution in [2.75, 3.05) is 17.2 Å². The van der Waals surface area contributed by atoms with Gasteiger partial charge in [0.15, 0.2) is 0 Å². The van der Waals surface area contributed by atoms with E-state index in [1.807, 2.05) is 32.0 Å². The number of nitrogens with zero attached hydrogens (tertiary/aromatic N) is 2. The van der Waals surface area contributed by atoms with Crippen LogP contribution < -0.4 is 10.6 Å². The van der Waals surface area contributed by atoms with Crippen molar-refractivity contribution in [3.63, 3.8) is 0 Å². The van der Waals surface area contributed by atoms with Gasteiger partial charge in [-0.05, 0) is 26.0 Å². The molecule has 1 heterocycles. The van der Waals surface area contributed by atoms with Gasteiger partial charge in [0.1, 0.15) is 11.6 Å². The van der Waals surface area contributed by atoms with Crippen LogP contribution in [0.1, 0.15) is 15.6 Å². The normalized spacial score (nSPS) is 10.5. The summed E-state index contributed by atoms with van der Waals surface area (Å²) < 4.78 is 0. The first-order chi connectivity index (χ1) is 9.47. The summed E-state index contributed by atoms with van der Waals surface area (Å²) in [6.07, 6.45) is 0. The summed E-state index contributed by atoms with van der Waals surface area (Å²) in [5.74, 6) is -0.891. The van der Waals surface area contributed by atoms with Crippen LogP contribution in [0.25, 0.3) is 0 Å². The van der Waals surface area contributed by atoms with Crippen LogP contribution in [0.3, 0.4) is 0 Å². The summed E-state index contributed by atoms with van der Waals surface area (Å²) in [5.41, 5.74) is 8.21. The number of hydrogen-bond donors (Lipinski definition) is 2. The number of aromatic nitrogens is 1. The molecule has 0 saturated heterocycles. The molecule has 0 bridgehead atoms. The molecular formula is C14H17N3O2S. The summed E-state index contributed by atoms with van der Waals surface area (Å²) in [4.78, 5) is 18.4. The third-order valence-corrected chi connectivity index (χ3v) is 4.06. The van der Waals surface area contributed by atoms with Crippen molar-refractivity contribution in [3.8, 4) is 0 Å². The molecule has 0 spiro atoms. The number of nitrogen functional groups attached to an aromatic ring is 1. The Bertz CT molecular complexity index is 605. The van der Waals surface area contributed by atoms with Crippen molar-refractivity contribution in [2.45, 2.75) is 20.4 Å². The topological polar surface area (TPSA) is 79.5 Å². The zero-order chi connectivity index (χ0) is 14.7. The molecule has 0 amide bonds. The number of carboxylic acids is 1. The van der Waals surface area contributed by atoms with Crippen LogP contribution in [0.15, 0.2) is 24.3 Å². The molecule has 2 aromatic rings. The van der Waals surface area contributed by atoms with Gasteiger partial charge < -0.3 is 15.7 Å². The van der Waals surface area contributed by atoms with Crippen LogP contribution in [0.4, 0.5) is 11.4 Å². The van der Waals surface area contributed by atoms with E-state index in [0.29, 0.717) is 12.2 Å². The molecule has 0 fully saturated rings. The quantitative estimate of drug-likeness (QED) is 0.827. The summed E-state index contributed by atoms with van der Waals surface area (Å²) in [6.45, 7) is 4.30. The number of nitrogens with two attached hydrogens (primary N) is 1. The van der Waals surface area contributed by atoms with Crippen molar-refractivity contribution >= 4 is 28.7 Å². The third-order valence-electron chi connectivity index (χ3n) is 3.00. The van der Waals surface area contributed by atoms with E-state index in [1.165, 1.54) is 0 Å². The van der Waals surface area contributed by atoms with Crippen molar-refractivity contribution in [2.24, 2.45) is 0 Å². The average Bonchev–Trinajstić information content (AvgIpc) is 2.67. The first-order valence-electron chi connectivity index (χ1n) is 6.21. The molecule has 0 aliphatic heterocycles. The number of carbonyl (C=O) groups is 1. The molecule has 0 aliphatic rings. The first-order valence-corrected chi connectivity index (χ1v) is 7.03. The van der Waals surface area contributed by atoms with E-state index >= 15 is 0 Å². The zero-order valence-corrected chi connectivity index (χ0v) is 12.3. The molecule has 106 valence electrons. The Labute approximate surface area is 121 Å². The van der Waals surface area contributed by atoms with Crippen LogP contribution in [-0.2, 0) is 11.3 Å². The lowest BCUT2D eigenvalue weighted by Crippen LogP contribution is -2.29. The number of rotatable bonds is 5. The van der Waals surface area contributed by atoms with Gasteiger partial charge in [-0.3, -0.25) is 4.79 Å². The minimum Gasteiger partial charge on any atom is -0.480 e. The third kappa shape index (κ3) is 3.27. The molecule has 0 unspecified atom stereocenters. The van der Waals surface area contributed by atoms with E-state index in [1.54, 1.807) is 22.3 Å². The van der Waals surface area contributed by atoms with Crippen LogP contribution in [0.2, 0.25) is 0 Å². The molecule has 3 N–H and O–H groups in total. The Balaban J connectivity index is 2.28. The lowest BCUT2D eigenvalue weighted by Gasteiger charge is -2.23. The molecular weight excluding hydrogens is 274 g/mol. The molecule has 0 radical (unpaired) electrons. The number of thiazole rings is 1. The predicted octanol–water partition coefficient (Wildman–Crippen LogP) is 2.43. The number of para-hydroxylation sites is 2. The summed E-state index contributed by atoms with van der Waals surface area (Å²) >= 11 is 1.58.